The van der Waals surface area contributed by atoms with Gasteiger partial charge in [-0.15, -0.1) is 0 Å². The zero-order chi connectivity index (χ0) is 34.0. The first-order valence-electron chi connectivity index (χ1n) is 15.3. The predicted molar refractivity (Wildman–Crippen MR) is 172 cm³/mol. The zero-order valence-corrected chi connectivity index (χ0v) is 28.9. The summed E-state index contributed by atoms with van der Waals surface area (Å²) in [6.45, 7) is 8.71. The first-order chi connectivity index (χ1) is 22.0. The van der Waals surface area contributed by atoms with Crippen LogP contribution in [0.15, 0.2) is 36.4 Å². The molecule has 14 heteroatoms. The Morgan fingerprint density at radius 2 is 1.70 bits per heavy atom. The molecule has 254 valence electrons. The van der Waals surface area contributed by atoms with Crippen LogP contribution in [0.2, 0.25) is 17.6 Å². The van der Waals surface area contributed by atoms with Gasteiger partial charge in [0.05, 0.1) is 68.8 Å². The Hall–Kier alpha value is -3.72. The molecule has 1 saturated heterocycles. The van der Waals surface area contributed by atoms with E-state index in [2.05, 4.69) is 27.7 Å². The number of rotatable bonds is 18. The van der Waals surface area contributed by atoms with Crippen LogP contribution in [-0.2, 0) is 36.4 Å². The van der Waals surface area contributed by atoms with Crippen molar-refractivity contribution < 1.29 is 47.4 Å². The van der Waals surface area contributed by atoms with Crippen LogP contribution < -0.4 is 9.47 Å². The molecule has 3 atom stereocenters. The lowest BCUT2D eigenvalue weighted by Crippen LogP contribution is -2.46. The molecule has 2 aromatic carbocycles. The first-order valence-corrected chi connectivity index (χ1v) is 17.7. The standard InChI is InChI=1S/C32H46N2O11Si/c1-9-46(10-2,21(3)4)45-29(17-25-26(34(37)38)15-23(31(35)41-7)16-28(25)44-20-39-5)30-27(33(30)32(36)42-8)19-43-18-22-11-13-24(40-6)14-12-22/h11-16,21,27,29-30H,9-10,17-20H2,1-8H3/t27-,29?,30-,33?/m0/s1. The van der Waals surface area contributed by atoms with Gasteiger partial charge in [0.2, 0.25) is 0 Å². The van der Waals surface area contributed by atoms with Crippen molar-refractivity contribution in [2.45, 2.75) is 76.5 Å². The summed E-state index contributed by atoms with van der Waals surface area (Å²) in [5.74, 6) is 0.0727. The van der Waals surface area contributed by atoms with Crippen molar-refractivity contribution >= 4 is 26.1 Å². The average molecular weight is 663 g/mol. The number of carbonyl (C=O) groups excluding carboxylic acids is 2. The highest BCUT2D eigenvalue weighted by atomic mass is 28.4. The van der Waals surface area contributed by atoms with E-state index in [1.807, 2.05) is 24.3 Å². The van der Waals surface area contributed by atoms with Gasteiger partial charge in [-0.25, -0.2) is 9.59 Å². The third kappa shape index (κ3) is 8.54. The summed E-state index contributed by atoms with van der Waals surface area (Å²) in [6, 6.07) is 10.8. The van der Waals surface area contributed by atoms with Crippen LogP contribution in [-0.4, -0.2) is 90.2 Å². The largest absolute Gasteiger partial charge is 0.497 e. The number of carbonyl (C=O) groups is 2. The third-order valence-electron chi connectivity index (χ3n) is 8.64. The minimum Gasteiger partial charge on any atom is -0.497 e. The fourth-order valence-corrected chi connectivity index (χ4v) is 9.44. The van der Waals surface area contributed by atoms with Gasteiger partial charge in [0, 0.05) is 19.6 Å². The van der Waals surface area contributed by atoms with Gasteiger partial charge in [-0.05, 0) is 41.4 Å². The average Bonchev–Trinajstić information content (AvgIpc) is 3.78. The fraction of sp³-hybridized carbons (Fsp3) is 0.562. The molecular weight excluding hydrogens is 616 g/mol. The Balaban J connectivity index is 2.05. The third-order valence-corrected chi connectivity index (χ3v) is 13.9. The smallest absolute Gasteiger partial charge is 0.410 e. The summed E-state index contributed by atoms with van der Waals surface area (Å²) in [4.78, 5) is 38.8. The number of hydrogen-bond donors (Lipinski definition) is 0. The molecule has 13 nitrogen and oxygen atoms in total. The Morgan fingerprint density at radius 1 is 1.02 bits per heavy atom. The normalized spacial score (nSPS) is 16.6. The molecule has 0 saturated carbocycles. The van der Waals surface area contributed by atoms with E-state index in [1.165, 1.54) is 33.5 Å². The number of ether oxygens (including phenoxy) is 6. The molecule has 0 aliphatic carbocycles. The van der Waals surface area contributed by atoms with Gasteiger partial charge in [0.1, 0.15) is 11.5 Å². The summed E-state index contributed by atoms with van der Waals surface area (Å²) < 4.78 is 39.2. The second-order valence-corrected chi connectivity index (χ2v) is 16.3. The Kier molecular flexibility index (Phi) is 13.4. The molecule has 1 aliphatic rings. The lowest BCUT2D eigenvalue weighted by Gasteiger charge is -2.37. The monoisotopic (exact) mass is 662 g/mol. The van der Waals surface area contributed by atoms with E-state index in [0.29, 0.717) is 6.61 Å². The molecule has 3 rings (SSSR count). The molecule has 46 heavy (non-hydrogen) atoms. The molecule has 1 aliphatic heterocycles. The van der Waals surface area contributed by atoms with Gasteiger partial charge in [0.25, 0.3) is 5.69 Å². The van der Waals surface area contributed by atoms with E-state index < -0.39 is 43.5 Å². The van der Waals surface area contributed by atoms with E-state index in [4.69, 9.17) is 32.8 Å². The molecule has 1 fully saturated rings. The predicted octanol–water partition coefficient (Wildman–Crippen LogP) is 5.73. The topological polar surface area (TPSA) is 145 Å². The molecule has 2 aromatic rings. The second kappa shape index (κ2) is 16.7. The van der Waals surface area contributed by atoms with Gasteiger partial charge in [-0.1, -0.05) is 39.8 Å². The van der Waals surface area contributed by atoms with Crippen molar-refractivity contribution in [1.29, 1.82) is 0 Å². The van der Waals surface area contributed by atoms with Crippen LogP contribution in [0.5, 0.6) is 11.5 Å². The highest BCUT2D eigenvalue weighted by molar-refractivity contribution is 6.75. The van der Waals surface area contributed by atoms with E-state index in [-0.39, 0.29) is 47.9 Å². The summed E-state index contributed by atoms with van der Waals surface area (Å²) in [7, 11) is 3.10. The molecule has 1 heterocycles. The number of hydrogen-bond acceptors (Lipinski definition) is 11. The molecule has 0 spiro atoms. The van der Waals surface area contributed by atoms with Crippen LogP contribution in [0, 0.1) is 10.1 Å². The van der Waals surface area contributed by atoms with E-state index in [1.54, 1.807) is 12.0 Å². The van der Waals surface area contributed by atoms with Crippen LogP contribution in [0.4, 0.5) is 10.5 Å². The molecule has 0 aromatic heterocycles. The van der Waals surface area contributed by atoms with Gasteiger partial charge in [-0.3, -0.25) is 15.0 Å². The maximum Gasteiger partial charge on any atom is 0.410 e. The van der Waals surface area contributed by atoms with E-state index in [9.17, 15) is 19.7 Å². The number of benzene rings is 2. The van der Waals surface area contributed by atoms with Gasteiger partial charge in [0.15, 0.2) is 15.1 Å². The summed E-state index contributed by atoms with van der Waals surface area (Å²) in [6.07, 6.45) is -1.20. The molecule has 1 unspecified atom stereocenters. The van der Waals surface area contributed by atoms with Crippen molar-refractivity contribution in [3.05, 3.63) is 63.2 Å². The molecular formula is C32H46N2O11Si. The zero-order valence-electron chi connectivity index (χ0n) is 27.9. The van der Waals surface area contributed by atoms with Gasteiger partial charge >= 0.3 is 12.1 Å². The Morgan fingerprint density at radius 3 is 2.22 bits per heavy atom. The van der Waals surface area contributed by atoms with E-state index >= 15 is 0 Å². The number of methoxy groups -OCH3 is 4. The highest BCUT2D eigenvalue weighted by Gasteiger charge is 2.58. The van der Waals surface area contributed by atoms with Crippen molar-refractivity contribution in [2.75, 3.05) is 41.8 Å². The molecule has 0 bridgehead atoms. The Labute approximate surface area is 271 Å². The van der Waals surface area contributed by atoms with Crippen molar-refractivity contribution in [3.8, 4) is 11.5 Å². The van der Waals surface area contributed by atoms with Gasteiger partial charge in [-0.2, -0.15) is 0 Å². The van der Waals surface area contributed by atoms with Crippen LogP contribution in [0.3, 0.4) is 0 Å². The first kappa shape index (κ1) is 36.7. The van der Waals surface area contributed by atoms with Crippen LogP contribution >= 0.6 is 0 Å². The van der Waals surface area contributed by atoms with Crippen molar-refractivity contribution in [2.24, 2.45) is 0 Å². The molecule has 0 radical (unpaired) electrons. The number of nitrogens with zero attached hydrogens (tertiary/aromatic N) is 2. The van der Waals surface area contributed by atoms with Crippen molar-refractivity contribution in [3.63, 3.8) is 0 Å². The lowest BCUT2D eigenvalue weighted by atomic mass is 9.99. The van der Waals surface area contributed by atoms with Crippen LogP contribution in [0.25, 0.3) is 0 Å². The number of nitro groups is 1. The molecule has 1 amide bonds. The van der Waals surface area contributed by atoms with Crippen LogP contribution in [0.1, 0.15) is 49.2 Å². The SMILES string of the molecule is CC[Si](CC)(OC(Cc1c(OCOC)cc(C(=O)OC)cc1[N+](=O)[O-])[C@@H]1[C@H](COCc2ccc(OC)cc2)N1C(=O)OC)C(C)C. The quantitative estimate of drug-likeness (QED) is 0.0482. The summed E-state index contributed by atoms with van der Waals surface area (Å²) >= 11 is 0. The maximum absolute atomic E-state index is 13.0. The van der Waals surface area contributed by atoms with E-state index in [0.717, 1.165) is 23.4 Å². The maximum atomic E-state index is 13.0. The number of esters is 1. The minimum absolute atomic E-state index is 0.0193. The number of amides is 1. The summed E-state index contributed by atoms with van der Waals surface area (Å²) in [5, 5.41) is 12.4. The fourth-order valence-electron chi connectivity index (χ4n) is 5.88. The second-order valence-electron chi connectivity index (χ2n) is 11.4. The summed E-state index contributed by atoms with van der Waals surface area (Å²) in [5.41, 5.74) is 1.00. The minimum atomic E-state index is -2.42. The Bertz CT molecular complexity index is 1330. The number of nitro benzene ring substituents is 1. The van der Waals surface area contributed by atoms with Crippen molar-refractivity contribution in [1.82, 2.24) is 4.90 Å². The lowest BCUT2D eigenvalue weighted by molar-refractivity contribution is -0.385. The van der Waals surface area contributed by atoms with Gasteiger partial charge < -0.3 is 32.8 Å². The highest BCUT2D eigenvalue weighted by Crippen LogP contribution is 2.42. The molecule has 0 N–H and O–H groups in total.